The van der Waals surface area contributed by atoms with Crippen molar-refractivity contribution in [1.29, 1.82) is 0 Å². The summed E-state index contributed by atoms with van der Waals surface area (Å²) in [5.41, 5.74) is 2.43. The predicted octanol–water partition coefficient (Wildman–Crippen LogP) is 5.35. The van der Waals surface area contributed by atoms with Gasteiger partial charge in [-0.3, -0.25) is 14.6 Å². The second-order valence-electron chi connectivity index (χ2n) is 15.5. The number of sulfonamides is 1. The molecule has 10 nitrogen and oxygen atoms in total. The fraction of sp³-hybridized carbons (Fsp3) is 0.667. The Kier molecular flexibility index (Phi) is 12.6. The minimum Gasteiger partial charge on any atom is -0.487 e. The molecule has 3 aliphatic heterocycles. The number of benzene rings is 2. The Bertz CT molecular complexity index is 1620. The number of piperazine rings is 1. The highest BCUT2D eigenvalue weighted by Crippen LogP contribution is 2.46. The molecule has 0 spiro atoms. The third-order valence-corrected chi connectivity index (χ3v) is 14.3. The van der Waals surface area contributed by atoms with Gasteiger partial charge in [-0.05, 0) is 111 Å². The Morgan fingerprint density at radius 3 is 2.51 bits per heavy atom. The molecule has 0 unspecified atom stereocenters. The highest BCUT2D eigenvalue weighted by molar-refractivity contribution is 7.90. The quantitative estimate of drug-likeness (QED) is 0.419. The summed E-state index contributed by atoms with van der Waals surface area (Å²) in [6, 6.07) is 11.2. The molecule has 4 aliphatic rings. The van der Waals surface area contributed by atoms with Gasteiger partial charge in [-0.1, -0.05) is 31.0 Å². The van der Waals surface area contributed by atoms with Crippen molar-refractivity contribution in [3.63, 3.8) is 0 Å². The number of halogens is 1. The molecule has 51 heavy (non-hydrogen) atoms. The third kappa shape index (κ3) is 9.22. The van der Waals surface area contributed by atoms with E-state index in [1.54, 1.807) is 32.2 Å². The van der Waals surface area contributed by atoms with Crippen molar-refractivity contribution in [2.24, 2.45) is 17.8 Å². The number of hydrogen-bond donors (Lipinski definition) is 2. The van der Waals surface area contributed by atoms with Crippen LogP contribution in [0, 0.1) is 17.8 Å². The Morgan fingerprint density at radius 1 is 0.980 bits per heavy atom. The highest BCUT2D eigenvalue weighted by Gasteiger charge is 2.48. The van der Waals surface area contributed by atoms with E-state index in [1.165, 1.54) is 5.56 Å². The number of fused-ring (bicyclic) bond motifs is 3. The number of carbonyl (C=O) groups excluding carboxylic acids is 1. The van der Waals surface area contributed by atoms with Crippen LogP contribution in [-0.2, 0) is 27.8 Å². The van der Waals surface area contributed by atoms with Crippen LogP contribution in [0.2, 0.25) is 5.02 Å². The first-order chi connectivity index (χ1) is 24.5. The van der Waals surface area contributed by atoms with Crippen LogP contribution in [0.15, 0.2) is 36.4 Å². The van der Waals surface area contributed by atoms with Gasteiger partial charge in [-0.25, -0.2) is 13.1 Å². The Morgan fingerprint density at radius 2 is 1.76 bits per heavy atom. The number of anilines is 1. The van der Waals surface area contributed by atoms with Gasteiger partial charge < -0.3 is 19.5 Å². The fourth-order valence-corrected chi connectivity index (χ4v) is 10.1. The number of aryl methyl sites for hydroxylation is 1. The molecule has 0 radical (unpaired) electrons. The second-order valence-corrected chi connectivity index (χ2v) is 18.0. The lowest BCUT2D eigenvalue weighted by Gasteiger charge is -2.51. The van der Waals surface area contributed by atoms with E-state index in [2.05, 4.69) is 19.4 Å². The van der Waals surface area contributed by atoms with Crippen molar-refractivity contribution < 1.29 is 27.8 Å². The van der Waals surface area contributed by atoms with Gasteiger partial charge in [0.2, 0.25) is 10.0 Å². The molecular weight excluding hydrogens is 688 g/mol. The largest absolute Gasteiger partial charge is 0.487 e. The summed E-state index contributed by atoms with van der Waals surface area (Å²) >= 11 is 6.38. The molecule has 2 bridgehead atoms. The average molecular weight is 745 g/mol. The number of methoxy groups -OCH3 is 1. The van der Waals surface area contributed by atoms with Crippen LogP contribution >= 0.6 is 11.6 Å². The zero-order chi connectivity index (χ0) is 36.2. The molecule has 2 aromatic carbocycles. The monoisotopic (exact) mass is 744 g/mol. The van der Waals surface area contributed by atoms with Gasteiger partial charge in [0.25, 0.3) is 5.91 Å². The number of β-amino-alcohol motifs (C(OH)–C–C–N with tert-alkyl or cyclic N) is 1. The minimum atomic E-state index is -3.95. The van der Waals surface area contributed by atoms with E-state index < -0.39 is 26.8 Å². The van der Waals surface area contributed by atoms with Crippen molar-refractivity contribution in [3.8, 4) is 5.75 Å². The van der Waals surface area contributed by atoms with Crippen LogP contribution in [-0.4, -0.2) is 106 Å². The minimum absolute atomic E-state index is 0.119. The molecule has 2 fully saturated rings. The molecule has 5 atom stereocenters. The summed E-state index contributed by atoms with van der Waals surface area (Å²) < 4.78 is 41.2. The molecule has 3 heterocycles. The lowest BCUT2D eigenvalue weighted by Crippen LogP contribution is -2.58. The zero-order valence-corrected chi connectivity index (χ0v) is 32.2. The summed E-state index contributed by atoms with van der Waals surface area (Å²) in [5, 5.41) is 12.7. The van der Waals surface area contributed by atoms with E-state index in [4.69, 9.17) is 21.1 Å². The van der Waals surface area contributed by atoms with Gasteiger partial charge in [-0.2, -0.15) is 0 Å². The molecule has 1 saturated heterocycles. The number of amides is 1. The van der Waals surface area contributed by atoms with Crippen LogP contribution in [0.5, 0.6) is 5.75 Å². The van der Waals surface area contributed by atoms with Crippen LogP contribution < -0.4 is 14.4 Å². The van der Waals surface area contributed by atoms with Crippen LogP contribution in [0.25, 0.3) is 0 Å². The number of rotatable bonds is 5. The van der Waals surface area contributed by atoms with Crippen molar-refractivity contribution >= 4 is 33.2 Å². The smallest absolute Gasteiger partial charge is 0.264 e. The van der Waals surface area contributed by atoms with Gasteiger partial charge in [0, 0.05) is 70.1 Å². The first-order valence-electron chi connectivity index (χ1n) is 19.0. The van der Waals surface area contributed by atoms with Crippen LogP contribution in [0.4, 0.5) is 5.69 Å². The molecule has 282 valence electrons. The number of nitrogens with one attached hydrogen (secondary N) is 1. The van der Waals surface area contributed by atoms with Crippen LogP contribution in [0.1, 0.15) is 80.3 Å². The van der Waals surface area contributed by atoms with Crippen molar-refractivity contribution in [2.75, 3.05) is 71.0 Å². The van der Waals surface area contributed by atoms with Gasteiger partial charge in [0.05, 0.1) is 23.1 Å². The number of hydrogen-bond acceptors (Lipinski definition) is 9. The van der Waals surface area contributed by atoms with Gasteiger partial charge in [-0.15, -0.1) is 0 Å². The predicted molar refractivity (Wildman–Crippen MR) is 202 cm³/mol. The SMILES string of the molecule is COCCN1CCN(C[C@]2(O)CCC[C@H](C)[C@@H](C)S(=O)(=O)NC(=O)c3ccc4c(c3)N(CCCCc3cc(Cl)ccc3CO4)C[C@@H]3CC[C@H]32)CC1. The molecule has 1 aliphatic carbocycles. The van der Waals surface area contributed by atoms with E-state index >= 15 is 0 Å². The van der Waals surface area contributed by atoms with Gasteiger partial charge in [0.1, 0.15) is 12.4 Å². The molecule has 12 heteroatoms. The molecule has 0 aromatic heterocycles. The molecule has 2 aromatic rings. The molecule has 2 N–H and O–H groups in total. The Labute approximate surface area is 309 Å². The van der Waals surface area contributed by atoms with E-state index in [9.17, 15) is 18.3 Å². The summed E-state index contributed by atoms with van der Waals surface area (Å²) in [7, 11) is -2.21. The lowest BCUT2D eigenvalue weighted by atomic mass is 9.62. The first-order valence-corrected chi connectivity index (χ1v) is 20.9. The third-order valence-electron chi connectivity index (χ3n) is 12.2. The number of ether oxygens (including phenoxy) is 2. The van der Waals surface area contributed by atoms with Crippen molar-refractivity contribution in [2.45, 2.75) is 82.7 Å². The maximum Gasteiger partial charge on any atom is 0.264 e. The van der Waals surface area contributed by atoms with Crippen molar-refractivity contribution in [1.82, 2.24) is 14.5 Å². The summed E-state index contributed by atoms with van der Waals surface area (Å²) in [4.78, 5) is 20.7. The topological polar surface area (TPSA) is 112 Å². The fourth-order valence-electron chi connectivity index (χ4n) is 8.57. The summed E-state index contributed by atoms with van der Waals surface area (Å²) in [6.45, 7) is 11.4. The number of nitrogens with zero attached hydrogens (tertiary/aromatic N) is 3. The van der Waals surface area contributed by atoms with E-state index in [-0.39, 0.29) is 23.3 Å². The molecule has 1 amide bonds. The Balaban J connectivity index is 1.32. The van der Waals surface area contributed by atoms with Gasteiger partial charge in [0.15, 0.2) is 0 Å². The standard InChI is InChI=1S/C39H57ClN4O6S/c1-28-7-6-15-39(46,27-43-19-17-42(18-20-43)21-22-49-3)35-13-10-32(35)25-44-16-5-4-8-30-23-34(40)12-9-33(30)26-50-37-14-11-31(24-36(37)44)38(45)41-51(47,48)29(28)2/h9,11-12,14,23-24,28-29,32,35,46H,4-8,10,13,15-22,25-27H2,1-3H3,(H,41,45)/t28-,29+,32-,35+,39+/m0/s1. The molecular formula is C39H57ClN4O6S. The first kappa shape index (κ1) is 38.3. The normalized spacial score (nSPS) is 29.7. The molecule has 1 saturated carbocycles. The van der Waals surface area contributed by atoms with Gasteiger partial charge >= 0.3 is 0 Å². The van der Waals surface area contributed by atoms with E-state index in [0.717, 1.165) is 95.8 Å². The Hall–Kier alpha value is -2.41. The maximum absolute atomic E-state index is 13.6. The van der Waals surface area contributed by atoms with E-state index in [1.807, 2.05) is 25.1 Å². The average Bonchev–Trinajstić information content (AvgIpc) is 3.11. The lowest BCUT2D eigenvalue weighted by molar-refractivity contribution is -0.109. The summed E-state index contributed by atoms with van der Waals surface area (Å²) in [6.07, 6.45) is 6.74. The second kappa shape index (κ2) is 16.7. The summed E-state index contributed by atoms with van der Waals surface area (Å²) in [5.74, 6) is 0.222. The maximum atomic E-state index is 13.6. The van der Waals surface area contributed by atoms with E-state index in [0.29, 0.717) is 43.2 Å². The zero-order valence-electron chi connectivity index (χ0n) is 30.6. The molecule has 6 rings (SSSR count). The highest BCUT2D eigenvalue weighted by atomic mass is 35.5. The van der Waals surface area contributed by atoms with Crippen molar-refractivity contribution in [3.05, 3.63) is 58.1 Å². The number of carbonyl (C=O) groups is 1. The number of aliphatic hydroxyl groups is 1. The van der Waals surface area contributed by atoms with Crippen LogP contribution in [0.3, 0.4) is 0 Å².